The second-order valence-electron chi connectivity index (χ2n) is 6.98. The van der Waals surface area contributed by atoms with Crippen LogP contribution in [-0.2, 0) is 9.53 Å². The lowest BCUT2D eigenvalue weighted by Crippen LogP contribution is -2.21. The number of benzene rings is 3. The van der Waals surface area contributed by atoms with E-state index in [2.05, 4.69) is 10.3 Å². The molecule has 1 N–H and O–H groups in total. The third kappa shape index (κ3) is 4.90. The molecule has 0 fully saturated rings. The highest BCUT2D eigenvalue weighted by atomic mass is 32.1. The summed E-state index contributed by atoms with van der Waals surface area (Å²) in [5, 5.41) is 3.38. The maximum Gasteiger partial charge on any atom is 0.350 e. The lowest BCUT2D eigenvalue weighted by Gasteiger charge is -2.11. The predicted molar refractivity (Wildman–Crippen MR) is 123 cm³/mol. The minimum absolute atomic E-state index is 0.307. The summed E-state index contributed by atoms with van der Waals surface area (Å²) >= 11 is 1.14. The fourth-order valence-electron chi connectivity index (χ4n) is 3.15. The Morgan fingerprint density at radius 3 is 2.38 bits per heavy atom. The van der Waals surface area contributed by atoms with E-state index in [1.54, 1.807) is 25.1 Å². The summed E-state index contributed by atoms with van der Waals surface area (Å²) in [6, 6.07) is 23.0. The highest BCUT2D eigenvalue weighted by Gasteiger charge is 2.19. The molecule has 0 radical (unpaired) electrons. The van der Waals surface area contributed by atoms with Crippen molar-refractivity contribution in [3.05, 3.63) is 95.3 Å². The number of carbonyl (C=O) groups excluding carboxylic acids is 2. The molecule has 4 aromatic rings. The van der Waals surface area contributed by atoms with E-state index in [0.29, 0.717) is 26.8 Å². The van der Waals surface area contributed by atoms with E-state index in [0.717, 1.165) is 22.5 Å². The summed E-state index contributed by atoms with van der Waals surface area (Å²) in [5.41, 5.74) is 3.67. The van der Waals surface area contributed by atoms with Crippen LogP contribution in [0.1, 0.15) is 15.4 Å². The molecule has 0 saturated heterocycles. The smallest absolute Gasteiger partial charge is 0.350 e. The average molecular weight is 447 g/mol. The predicted octanol–water partition coefficient (Wildman–Crippen LogP) is 5.72. The molecular weight excluding hydrogens is 427 g/mol. The zero-order valence-electron chi connectivity index (χ0n) is 17.2. The van der Waals surface area contributed by atoms with Crippen molar-refractivity contribution in [1.82, 2.24) is 4.98 Å². The zero-order chi connectivity index (χ0) is 22.5. The topological polar surface area (TPSA) is 68.3 Å². The molecule has 4 rings (SSSR count). The maximum atomic E-state index is 13.1. The van der Waals surface area contributed by atoms with Crippen molar-refractivity contribution in [2.45, 2.75) is 6.92 Å². The standard InChI is InChI=1S/C25H19FN2O3S/c1-16-23(32-24(27-16)18-11-13-19(26)14-12-18)25(30)31-15-22(29)28-21-10-6-5-9-20(21)17-7-3-2-4-8-17/h2-14H,15H2,1H3,(H,28,29). The monoisotopic (exact) mass is 446 g/mol. The molecule has 7 heteroatoms. The van der Waals surface area contributed by atoms with Gasteiger partial charge in [-0.2, -0.15) is 0 Å². The number of para-hydroxylation sites is 1. The number of nitrogens with one attached hydrogen (secondary N) is 1. The van der Waals surface area contributed by atoms with E-state index in [-0.39, 0.29) is 5.82 Å². The third-order valence-electron chi connectivity index (χ3n) is 4.69. The maximum absolute atomic E-state index is 13.1. The fourth-order valence-corrected chi connectivity index (χ4v) is 4.11. The summed E-state index contributed by atoms with van der Waals surface area (Å²) in [5.74, 6) is -1.41. The minimum atomic E-state index is -0.625. The molecule has 0 aliphatic heterocycles. The summed E-state index contributed by atoms with van der Waals surface area (Å²) < 4.78 is 18.4. The van der Waals surface area contributed by atoms with E-state index >= 15 is 0 Å². The molecule has 32 heavy (non-hydrogen) atoms. The molecule has 1 amide bonds. The van der Waals surface area contributed by atoms with Gasteiger partial charge < -0.3 is 10.1 Å². The first kappa shape index (κ1) is 21.4. The Kier molecular flexibility index (Phi) is 6.37. The van der Waals surface area contributed by atoms with Crippen LogP contribution in [0.4, 0.5) is 10.1 Å². The Balaban J connectivity index is 1.41. The van der Waals surface area contributed by atoms with Gasteiger partial charge in [0, 0.05) is 16.8 Å². The lowest BCUT2D eigenvalue weighted by atomic mass is 10.0. The Morgan fingerprint density at radius 1 is 0.938 bits per heavy atom. The van der Waals surface area contributed by atoms with Crippen molar-refractivity contribution in [2.75, 3.05) is 11.9 Å². The quantitative estimate of drug-likeness (QED) is 0.385. The van der Waals surface area contributed by atoms with Crippen molar-refractivity contribution in [2.24, 2.45) is 0 Å². The van der Waals surface area contributed by atoms with Crippen molar-refractivity contribution in [3.63, 3.8) is 0 Å². The molecule has 0 bridgehead atoms. The molecular formula is C25H19FN2O3S. The number of anilines is 1. The van der Waals surface area contributed by atoms with Gasteiger partial charge in [-0.05, 0) is 42.8 Å². The molecule has 0 saturated carbocycles. The van der Waals surface area contributed by atoms with Crippen LogP contribution in [0.2, 0.25) is 0 Å². The largest absolute Gasteiger partial charge is 0.451 e. The second kappa shape index (κ2) is 9.53. The Morgan fingerprint density at radius 2 is 1.62 bits per heavy atom. The van der Waals surface area contributed by atoms with Crippen LogP contribution in [0, 0.1) is 12.7 Å². The average Bonchev–Trinajstić information content (AvgIpc) is 3.20. The SMILES string of the molecule is Cc1nc(-c2ccc(F)cc2)sc1C(=O)OCC(=O)Nc1ccccc1-c1ccccc1. The van der Waals surface area contributed by atoms with Crippen molar-refractivity contribution < 1.29 is 18.7 Å². The van der Waals surface area contributed by atoms with Crippen LogP contribution >= 0.6 is 11.3 Å². The number of nitrogens with zero attached hydrogens (tertiary/aromatic N) is 1. The number of ether oxygens (including phenoxy) is 1. The van der Waals surface area contributed by atoms with E-state index in [1.807, 2.05) is 48.5 Å². The van der Waals surface area contributed by atoms with Gasteiger partial charge in [0.1, 0.15) is 15.7 Å². The summed E-state index contributed by atoms with van der Waals surface area (Å²) in [6.45, 7) is 1.27. The molecule has 0 spiro atoms. The molecule has 0 atom stereocenters. The molecule has 0 aliphatic carbocycles. The summed E-state index contributed by atoms with van der Waals surface area (Å²) in [4.78, 5) is 29.6. The first-order valence-electron chi connectivity index (χ1n) is 9.86. The van der Waals surface area contributed by atoms with E-state index in [4.69, 9.17) is 4.74 Å². The number of hydrogen-bond acceptors (Lipinski definition) is 5. The number of amides is 1. The number of halogens is 1. The van der Waals surface area contributed by atoms with Crippen molar-refractivity contribution >= 4 is 28.9 Å². The first-order chi connectivity index (χ1) is 15.5. The van der Waals surface area contributed by atoms with Gasteiger partial charge in [0.15, 0.2) is 6.61 Å². The van der Waals surface area contributed by atoms with Gasteiger partial charge in [-0.1, -0.05) is 48.5 Å². The summed E-state index contributed by atoms with van der Waals surface area (Å²) in [7, 11) is 0. The normalized spacial score (nSPS) is 10.6. The highest BCUT2D eigenvalue weighted by molar-refractivity contribution is 7.17. The molecule has 0 aliphatic rings. The highest BCUT2D eigenvalue weighted by Crippen LogP contribution is 2.29. The number of hydrogen-bond donors (Lipinski definition) is 1. The fraction of sp³-hybridized carbons (Fsp3) is 0.0800. The van der Waals surface area contributed by atoms with Gasteiger partial charge in [-0.3, -0.25) is 4.79 Å². The number of aromatic nitrogens is 1. The van der Waals surface area contributed by atoms with Gasteiger partial charge in [0.25, 0.3) is 5.91 Å². The van der Waals surface area contributed by atoms with Gasteiger partial charge in [-0.15, -0.1) is 11.3 Å². The Labute approximate surface area is 188 Å². The third-order valence-corrected chi connectivity index (χ3v) is 5.88. The van der Waals surface area contributed by atoms with Crippen LogP contribution in [0.3, 0.4) is 0 Å². The lowest BCUT2D eigenvalue weighted by molar-refractivity contribution is -0.119. The molecule has 160 valence electrons. The van der Waals surface area contributed by atoms with Crippen molar-refractivity contribution in [3.8, 4) is 21.7 Å². The Bertz CT molecular complexity index is 1250. The van der Waals surface area contributed by atoms with Crippen LogP contribution < -0.4 is 5.32 Å². The molecule has 1 aromatic heterocycles. The van der Waals surface area contributed by atoms with Crippen molar-refractivity contribution in [1.29, 1.82) is 0 Å². The second-order valence-corrected chi connectivity index (χ2v) is 7.98. The molecule has 3 aromatic carbocycles. The van der Waals surface area contributed by atoms with Gasteiger partial charge in [0.2, 0.25) is 0 Å². The van der Waals surface area contributed by atoms with Crippen LogP contribution in [0.25, 0.3) is 21.7 Å². The number of carbonyl (C=O) groups is 2. The van der Waals surface area contributed by atoms with Gasteiger partial charge >= 0.3 is 5.97 Å². The summed E-state index contributed by atoms with van der Waals surface area (Å²) in [6.07, 6.45) is 0. The van der Waals surface area contributed by atoms with Crippen LogP contribution in [0.5, 0.6) is 0 Å². The van der Waals surface area contributed by atoms with Gasteiger partial charge in [0.05, 0.1) is 5.69 Å². The number of esters is 1. The van der Waals surface area contributed by atoms with E-state index in [1.165, 1.54) is 12.1 Å². The van der Waals surface area contributed by atoms with E-state index < -0.39 is 18.5 Å². The number of aryl methyl sites for hydroxylation is 1. The van der Waals surface area contributed by atoms with Crippen LogP contribution in [0.15, 0.2) is 78.9 Å². The number of thiazole rings is 1. The van der Waals surface area contributed by atoms with E-state index in [9.17, 15) is 14.0 Å². The zero-order valence-corrected chi connectivity index (χ0v) is 18.0. The minimum Gasteiger partial charge on any atom is -0.451 e. The Hall–Kier alpha value is -3.84. The molecule has 0 unspecified atom stereocenters. The first-order valence-corrected chi connectivity index (χ1v) is 10.7. The molecule has 1 heterocycles. The molecule has 5 nitrogen and oxygen atoms in total. The van der Waals surface area contributed by atoms with Crippen LogP contribution in [-0.4, -0.2) is 23.5 Å². The number of rotatable bonds is 6. The van der Waals surface area contributed by atoms with Gasteiger partial charge in [-0.25, -0.2) is 14.2 Å².